The Morgan fingerprint density at radius 2 is 2.05 bits per heavy atom. The molecule has 1 unspecified atom stereocenters. The second-order valence-electron chi connectivity index (χ2n) is 5.25. The van der Waals surface area contributed by atoms with E-state index in [1.165, 1.54) is 5.56 Å². The summed E-state index contributed by atoms with van der Waals surface area (Å²) >= 11 is 6.39. The van der Waals surface area contributed by atoms with Crippen molar-refractivity contribution in [1.29, 1.82) is 0 Å². The zero-order valence-corrected chi connectivity index (χ0v) is 13.7. The van der Waals surface area contributed by atoms with Crippen LogP contribution in [0, 0.1) is 6.92 Å². The van der Waals surface area contributed by atoms with E-state index in [2.05, 4.69) is 34.5 Å². The molecule has 21 heavy (non-hydrogen) atoms. The van der Waals surface area contributed by atoms with Gasteiger partial charge in [-0.25, -0.2) is 0 Å². The standard InChI is InChI=1S/C16H23ClN4/c1-4-21-15(16(17)12(2)20-21)11-14(18-3)6-5-13-7-9-19-10-8-13/h7-10,14,18H,4-6,11H2,1-3H3. The van der Waals surface area contributed by atoms with Crippen molar-refractivity contribution in [2.75, 3.05) is 7.05 Å². The zero-order valence-electron chi connectivity index (χ0n) is 12.9. The molecule has 2 aromatic heterocycles. The summed E-state index contributed by atoms with van der Waals surface area (Å²) in [6.45, 7) is 4.91. The molecule has 2 rings (SSSR count). The molecule has 114 valence electrons. The quantitative estimate of drug-likeness (QED) is 0.855. The number of aromatic nitrogens is 3. The third-order valence-corrected chi connectivity index (χ3v) is 4.32. The zero-order chi connectivity index (χ0) is 15.2. The van der Waals surface area contributed by atoms with Crippen LogP contribution in [0.25, 0.3) is 0 Å². The first kappa shape index (κ1) is 16.0. The number of likely N-dealkylation sites (N-methyl/N-ethyl adjacent to an activating group) is 1. The van der Waals surface area contributed by atoms with Crippen molar-refractivity contribution < 1.29 is 0 Å². The van der Waals surface area contributed by atoms with E-state index in [1.807, 2.05) is 31.0 Å². The van der Waals surface area contributed by atoms with Gasteiger partial charge in [0.05, 0.1) is 16.4 Å². The average molecular weight is 307 g/mol. The van der Waals surface area contributed by atoms with E-state index in [0.717, 1.165) is 42.2 Å². The fourth-order valence-electron chi connectivity index (χ4n) is 2.54. The van der Waals surface area contributed by atoms with Crippen molar-refractivity contribution in [1.82, 2.24) is 20.1 Å². The van der Waals surface area contributed by atoms with E-state index in [9.17, 15) is 0 Å². The maximum Gasteiger partial charge on any atom is 0.0847 e. The molecule has 0 spiro atoms. The van der Waals surface area contributed by atoms with Crippen LogP contribution in [0.15, 0.2) is 24.5 Å². The van der Waals surface area contributed by atoms with Gasteiger partial charge in [-0.3, -0.25) is 9.67 Å². The molecule has 1 atom stereocenters. The Bertz CT molecular complexity index is 565. The molecule has 0 bridgehead atoms. The molecule has 0 amide bonds. The summed E-state index contributed by atoms with van der Waals surface area (Å²) in [5.74, 6) is 0. The number of hydrogen-bond donors (Lipinski definition) is 1. The Morgan fingerprint density at radius 1 is 1.33 bits per heavy atom. The van der Waals surface area contributed by atoms with Gasteiger partial charge in [0, 0.05) is 31.4 Å². The molecule has 0 fully saturated rings. The fourth-order valence-corrected chi connectivity index (χ4v) is 2.75. The van der Waals surface area contributed by atoms with Crippen molar-refractivity contribution in [2.45, 2.75) is 45.7 Å². The van der Waals surface area contributed by atoms with Crippen LogP contribution in [-0.4, -0.2) is 27.9 Å². The topological polar surface area (TPSA) is 42.7 Å². The van der Waals surface area contributed by atoms with E-state index in [1.54, 1.807) is 0 Å². The molecule has 0 radical (unpaired) electrons. The predicted octanol–water partition coefficient (Wildman–Crippen LogP) is 3.02. The Hall–Kier alpha value is -1.39. The van der Waals surface area contributed by atoms with Crippen LogP contribution in [0.1, 0.15) is 30.3 Å². The summed E-state index contributed by atoms with van der Waals surface area (Å²) in [5.41, 5.74) is 3.36. The molecule has 0 aliphatic heterocycles. The van der Waals surface area contributed by atoms with Gasteiger partial charge in [-0.05, 0) is 51.4 Å². The second kappa shape index (κ2) is 7.57. The van der Waals surface area contributed by atoms with Crippen molar-refractivity contribution >= 4 is 11.6 Å². The first-order valence-electron chi connectivity index (χ1n) is 7.43. The number of hydrogen-bond acceptors (Lipinski definition) is 3. The van der Waals surface area contributed by atoms with Gasteiger partial charge in [0.1, 0.15) is 0 Å². The number of halogens is 1. The van der Waals surface area contributed by atoms with Crippen molar-refractivity contribution in [3.8, 4) is 0 Å². The predicted molar refractivity (Wildman–Crippen MR) is 86.8 cm³/mol. The highest BCUT2D eigenvalue weighted by Gasteiger charge is 2.17. The Kier molecular flexibility index (Phi) is 5.76. The molecule has 0 aliphatic rings. The van der Waals surface area contributed by atoms with Crippen molar-refractivity contribution in [3.05, 3.63) is 46.5 Å². The Labute approximate surface area is 131 Å². The van der Waals surface area contributed by atoms with Crippen LogP contribution in [0.5, 0.6) is 0 Å². The number of nitrogens with zero attached hydrogens (tertiary/aromatic N) is 3. The van der Waals surface area contributed by atoms with E-state index in [-0.39, 0.29) is 0 Å². The summed E-state index contributed by atoms with van der Waals surface area (Å²) in [7, 11) is 2.00. The first-order chi connectivity index (χ1) is 10.2. The normalized spacial score (nSPS) is 12.6. The molecular formula is C16H23ClN4. The number of aryl methyl sites for hydroxylation is 3. The van der Waals surface area contributed by atoms with Gasteiger partial charge in [-0.2, -0.15) is 5.10 Å². The molecule has 2 aromatic rings. The SMILES string of the molecule is CCn1nc(C)c(Cl)c1CC(CCc1ccncc1)NC. The summed E-state index contributed by atoms with van der Waals surface area (Å²) < 4.78 is 2.01. The lowest BCUT2D eigenvalue weighted by Gasteiger charge is -2.17. The van der Waals surface area contributed by atoms with E-state index in [0.29, 0.717) is 6.04 Å². The number of pyridine rings is 1. The maximum absolute atomic E-state index is 6.39. The summed E-state index contributed by atoms with van der Waals surface area (Å²) in [6.07, 6.45) is 6.68. The summed E-state index contributed by atoms with van der Waals surface area (Å²) in [4.78, 5) is 4.05. The lowest BCUT2D eigenvalue weighted by atomic mass is 10.0. The van der Waals surface area contributed by atoms with Crippen molar-refractivity contribution in [3.63, 3.8) is 0 Å². The van der Waals surface area contributed by atoms with Crippen molar-refractivity contribution in [2.24, 2.45) is 0 Å². The Balaban J connectivity index is 2.02. The average Bonchev–Trinajstić information content (AvgIpc) is 2.79. The second-order valence-corrected chi connectivity index (χ2v) is 5.62. The molecule has 1 N–H and O–H groups in total. The van der Waals surface area contributed by atoms with Crippen LogP contribution >= 0.6 is 11.6 Å². The largest absolute Gasteiger partial charge is 0.317 e. The molecule has 0 saturated heterocycles. The number of rotatable bonds is 7. The van der Waals surface area contributed by atoms with Gasteiger partial charge in [0.2, 0.25) is 0 Å². The number of nitrogens with one attached hydrogen (secondary N) is 1. The van der Waals surface area contributed by atoms with Crippen LogP contribution in [0.4, 0.5) is 0 Å². The van der Waals surface area contributed by atoms with E-state index >= 15 is 0 Å². The molecule has 0 saturated carbocycles. The summed E-state index contributed by atoms with van der Waals surface area (Å²) in [5, 5.41) is 8.68. The van der Waals surface area contributed by atoms with Crippen LogP contribution in [-0.2, 0) is 19.4 Å². The first-order valence-corrected chi connectivity index (χ1v) is 7.81. The highest BCUT2D eigenvalue weighted by molar-refractivity contribution is 6.31. The minimum atomic E-state index is 0.386. The fraction of sp³-hybridized carbons (Fsp3) is 0.500. The van der Waals surface area contributed by atoms with Gasteiger partial charge in [-0.1, -0.05) is 11.6 Å². The maximum atomic E-state index is 6.39. The molecule has 2 heterocycles. The molecule has 0 aliphatic carbocycles. The highest BCUT2D eigenvalue weighted by Crippen LogP contribution is 2.22. The van der Waals surface area contributed by atoms with Crippen LogP contribution < -0.4 is 5.32 Å². The van der Waals surface area contributed by atoms with Gasteiger partial charge in [0.15, 0.2) is 0 Å². The highest BCUT2D eigenvalue weighted by atomic mass is 35.5. The smallest absolute Gasteiger partial charge is 0.0847 e. The van der Waals surface area contributed by atoms with Gasteiger partial charge >= 0.3 is 0 Å². The lowest BCUT2D eigenvalue weighted by molar-refractivity contribution is 0.494. The minimum absolute atomic E-state index is 0.386. The summed E-state index contributed by atoms with van der Waals surface area (Å²) in [6, 6.07) is 4.53. The van der Waals surface area contributed by atoms with Gasteiger partial charge in [0.25, 0.3) is 0 Å². The van der Waals surface area contributed by atoms with Crippen LogP contribution in [0.2, 0.25) is 5.02 Å². The lowest BCUT2D eigenvalue weighted by Crippen LogP contribution is -2.29. The third kappa shape index (κ3) is 4.05. The Morgan fingerprint density at radius 3 is 2.67 bits per heavy atom. The van der Waals surface area contributed by atoms with E-state index < -0.39 is 0 Å². The van der Waals surface area contributed by atoms with Gasteiger partial charge in [-0.15, -0.1) is 0 Å². The molecular weight excluding hydrogens is 284 g/mol. The minimum Gasteiger partial charge on any atom is -0.317 e. The molecule has 5 heteroatoms. The van der Waals surface area contributed by atoms with Crippen LogP contribution in [0.3, 0.4) is 0 Å². The van der Waals surface area contributed by atoms with E-state index in [4.69, 9.17) is 11.6 Å². The monoisotopic (exact) mass is 306 g/mol. The third-order valence-electron chi connectivity index (χ3n) is 3.83. The molecule has 4 nitrogen and oxygen atoms in total. The molecule has 0 aromatic carbocycles. The van der Waals surface area contributed by atoms with Gasteiger partial charge < -0.3 is 5.32 Å².